The summed E-state index contributed by atoms with van der Waals surface area (Å²) < 4.78 is 18.0. The van der Waals surface area contributed by atoms with Crippen molar-refractivity contribution in [2.75, 3.05) is 69.3 Å². The van der Waals surface area contributed by atoms with Crippen molar-refractivity contribution in [3.8, 4) is 0 Å². The monoisotopic (exact) mass is 408 g/mol. The normalized spacial score (nSPS) is 20.4. The molecule has 2 heterocycles. The lowest BCUT2D eigenvalue weighted by atomic mass is 10.2. The van der Waals surface area contributed by atoms with Crippen molar-refractivity contribution >= 4 is 34.7 Å². The second-order valence-corrected chi connectivity index (χ2v) is 7.75. The van der Waals surface area contributed by atoms with Crippen LogP contribution in [0, 0.1) is 0 Å². The topological polar surface area (TPSA) is 39.3 Å². The summed E-state index contributed by atoms with van der Waals surface area (Å²) in [5, 5.41) is 0. The molecule has 2 fully saturated rings. The second-order valence-electron chi connectivity index (χ2n) is 7.28. The van der Waals surface area contributed by atoms with Gasteiger partial charge in [-0.05, 0) is 30.7 Å². The molecular weight excluding hydrogens is 379 g/mol. The largest absolute Gasteiger partial charge is 0.442 e. The average molecular weight is 409 g/mol. The van der Waals surface area contributed by atoms with Gasteiger partial charge >= 0.3 is 6.09 Å². The lowest BCUT2D eigenvalue weighted by Gasteiger charge is -2.35. The van der Waals surface area contributed by atoms with E-state index >= 15 is 0 Å². The molecule has 1 aromatic rings. The minimum atomic E-state index is -0.312. The minimum Gasteiger partial charge on any atom is -0.442 e. The number of carbonyl (C=O) groups is 1. The van der Waals surface area contributed by atoms with E-state index in [2.05, 4.69) is 9.80 Å². The summed E-state index contributed by atoms with van der Waals surface area (Å²) in [6.07, 6.45) is 0.304. The smallest absolute Gasteiger partial charge is 0.414 e. The number of alkyl halides is 1. The second kappa shape index (κ2) is 9.52. The molecule has 0 bridgehead atoms. The number of thiocarbonyl (C=S) groups is 1. The van der Waals surface area contributed by atoms with Crippen molar-refractivity contribution in [2.24, 2.45) is 0 Å². The quantitative estimate of drug-likeness (QED) is 0.646. The summed E-state index contributed by atoms with van der Waals surface area (Å²) in [7, 11) is 1.93. The predicted octanol–water partition coefficient (Wildman–Crippen LogP) is 2.77. The first-order chi connectivity index (χ1) is 13.5. The highest BCUT2D eigenvalue weighted by Gasteiger charge is 2.33. The van der Waals surface area contributed by atoms with Crippen LogP contribution in [0.25, 0.3) is 0 Å². The third-order valence-electron chi connectivity index (χ3n) is 5.38. The molecule has 0 radical (unpaired) electrons. The Bertz CT molecular complexity index is 679. The van der Waals surface area contributed by atoms with Crippen LogP contribution in [0.3, 0.4) is 0 Å². The first kappa shape index (κ1) is 20.8. The molecule has 28 heavy (non-hydrogen) atoms. The number of amides is 1. The molecule has 0 saturated carbocycles. The zero-order chi connectivity index (χ0) is 20.1. The number of hydrogen-bond donors (Lipinski definition) is 0. The Kier molecular flexibility index (Phi) is 7.07. The van der Waals surface area contributed by atoms with Gasteiger partial charge in [-0.15, -0.1) is 0 Å². The number of rotatable bonds is 7. The van der Waals surface area contributed by atoms with Gasteiger partial charge in [0.15, 0.2) is 0 Å². The third kappa shape index (κ3) is 4.91. The van der Waals surface area contributed by atoms with E-state index in [1.54, 1.807) is 4.90 Å². The maximum absolute atomic E-state index is 12.5. The van der Waals surface area contributed by atoms with Gasteiger partial charge in [-0.2, -0.15) is 0 Å². The predicted molar refractivity (Wildman–Crippen MR) is 114 cm³/mol. The number of ether oxygens (including phenoxy) is 1. The van der Waals surface area contributed by atoms with Gasteiger partial charge < -0.3 is 14.5 Å². The van der Waals surface area contributed by atoms with Gasteiger partial charge in [0.25, 0.3) is 0 Å². The number of likely N-dealkylation sites (N-methyl/N-ethyl adjacent to an activating group) is 1. The molecule has 1 amide bonds. The van der Waals surface area contributed by atoms with E-state index in [1.165, 1.54) is 0 Å². The minimum absolute atomic E-state index is 0.190. The highest BCUT2D eigenvalue weighted by atomic mass is 32.1. The molecule has 6 nitrogen and oxygen atoms in total. The molecule has 154 valence electrons. The van der Waals surface area contributed by atoms with E-state index in [-0.39, 0.29) is 18.9 Å². The van der Waals surface area contributed by atoms with Crippen molar-refractivity contribution in [3.63, 3.8) is 0 Å². The van der Waals surface area contributed by atoms with Crippen molar-refractivity contribution in [1.29, 1.82) is 0 Å². The fourth-order valence-corrected chi connectivity index (χ4v) is 3.77. The van der Waals surface area contributed by atoms with Crippen LogP contribution in [0.5, 0.6) is 0 Å². The molecule has 2 aliphatic heterocycles. The average Bonchev–Trinajstić information content (AvgIpc) is 3.08. The number of cyclic esters (lactones) is 1. The number of carbonyl (C=O) groups excluding carboxylic acids is 1. The number of hydrogen-bond acceptors (Lipinski definition) is 5. The number of anilines is 2. The van der Waals surface area contributed by atoms with Gasteiger partial charge in [-0.1, -0.05) is 19.1 Å². The molecule has 2 aliphatic rings. The van der Waals surface area contributed by atoms with Crippen molar-refractivity contribution in [1.82, 2.24) is 9.80 Å². The summed E-state index contributed by atoms with van der Waals surface area (Å²) in [4.78, 5) is 21.3. The fourth-order valence-electron chi connectivity index (χ4n) is 3.70. The molecule has 3 rings (SSSR count). The fraction of sp³-hybridized carbons (Fsp3) is 0.600. The van der Waals surface area contributed by atoms with Crippen LogP contribution in [0.1, 0.15) is 13.3 Å². The van der Waals surface area contributed by atoms with E-state index < -0.39 is 0 Å². The Morgan fingerprint density at radius 2 is 1.86 bits per heavy atom. The van der Waals surface area contributed by atoms with Crippen LogP contribution in [0.4, 0.5) is 20.6 Å². The Morgan fingerprint density at radius 3 is 2.46 bits per heavy atom. The molecule has 0 aromatic heterocycles. The van der Waals surface area contributed by atoms with E-state index in [0.29, 0.717) is 19.6 Å². The molecule has 0 spiro atoms. The van der Waals surface area contributed by atoms with Crippen LogP contribution in [0.2, 0.25) is 0 Å². The zero-order valence-electron chi connectivity index (χ0n) is 16.6. The summed E-state index contributed by atoms with van der Waals surface area (Å²) in [5.74, 6) is 0. The molecule has 0 N–H and O–H groups in total. The Morgan fingerprint density at radius 1 is 1.21 bits per heavy atom. The van der Waals surface area contributed by atoms with E-state index in [9.17, 15) is 9.18 Å². The lowest BCUT2D eigenvalue weighted by molar-refractivity contribution is 0.130. The van der Waals surface area contributed by atoms with E-state index in [4.69, 9.17) is 17.0 Å². The summed E-state index contributed by atoms with van der Waals surface area (Å²) >= 11 is 5.31. The zero-order valence-corrected chi connectivity index (χ0v) is 17.5. The molecule has 1 unspecified atom stereocenters. The number of benzene rings is 1. The number of nitrogens with zero attached hydrogens (tertiary/aromatic N) is 4. The van der Waals surface area contributed by atoms with Crippen LogP contribution >= 0.6 is 12.2 Å². The maximum atomic E-state index is 12.5. The number of halogens is 1. The van der Waals surface area contributed by atoms with Crippen LogP contribution in [-0.2, 0) is 4.74 Å². The Hall–Kier alpha value is -1.93. The lowest BCUT2D eigenvalue weighted by Crippen LogP contribution is -2.47. The van der Waals surface area contributed by atoms with Gasteiger partial charge in [-0.3, -0.25) is 9.80 Å². The van der Waals surface area contributed by atoms with Crippen LogP contribution in [0.15, 0.2) is 24.3 Å². The third-order valence-corrected chi connectivity index (χ3v) is 5.98. The Balaban J connectivity index is 1.56. The van der Waals surface area contributed by atoms with Crippen molar-refractivity contribution in [3.05, 3.63) is 24.3 Å². The summed E-state index contributed by atoms with van der Waals surface area (Å²) in [6.45, 7) is 6.90. The van der Waals surface area contributed by atoms with Gasteiger partial charge in [0.05, 0.1) is 18.1 Å². The van der Waals surface area contributed by atoms with E-state index in [0.717, 1.165) is 49.0 Å². The SMILES string of the molecule is CCC(=S)N(C)CC1CN(c2ccc(N3CCN(CCF)CC3)cc2)C(=O)O1. The highest BCUT2D eigenvalue weighted by molar-refractivity contribution is 7.80. The van der Waals surface area contributed by atoms with Crippen molar-refractivity contribution < 1.29 is 13.9 Å². The first-order valence-corrected chi connectivity index (χ1v) is 10.3. The highest BCUT2D eigenvalue weighted by Crippen LogP contribution is 2.26. The van der Waals surface area contributed by atoms with Crippen LogP contribution < -0.4 is 9.80 Å². The van der Waals surface area contributed by atoms with Crippen molar-refractivity contribution in [2.45, 2.75) is 19.4 Å². The number of piperazine rings is 1. The van der Waals surface area contributed by atoms with E-state index in [1.807, 2.05) is 43.1 Å². The van der Waals surface area contributed by atoms with Gasteiger partial charge in [0.1, 0.15) is 12.8 Å². The van der Waals surface area contributed by atoms with Gasteiger partial charge in [0.2, 0.25) is 0 Å². The molecule has 0 aliphatic carbocycles. The molecule has 1 atom stereocenters. The summed E-state index contributed by atoms with van der Waals surface area (Å²) in [6, 6.07) is 8.01. The maximum Gasteiger partial charge on any atom is 0.414 e. The van der Waals surface area contributed by atoms with Crippen LogP contribution in [-0.4, -0.2) is 86.5 Å². The first-order valence-electron chi connectivity index (χ1n) is 9.87. The molecular formula is C20H29FN4O2S. The Labute approximate surface area is 171 Å². The summed E-state index contributed by atoms with van der Waals surface area (Å²) in [5.41, 5.74) is 1.97. The molecule has 1 aromatic carbocycles. The standard InChI is InChI=1S/C20H29FN4O2S/c1-3-19(28)22(2)14-18-15-25(20(26)27-18)17-6-4-16(5-7-17)24-12-10-23(9-8-21)11-13-24/h4-7,18H,3,8-15H2,1-2H3. The molecule has 8 heteroatoms. The molecule has 2 saturated heterocycles. The van der Waals surface area contributed by atoms with Gasteiger partial charge in [-0.25, -0.2) is 9.18 Å². The van der Waals surface area contributed by atoms with Gasteiger partial charge in [0, 0.05) is 51.1 Å².